The van der Waals surface area contributed by atoms with Crippen LogP contribution in [-0.4, -0.2) is 46.1 Å². The van der Waals surface area contributed by atoms with Gasteiger partial charge in [-0.15, -0.1) is 0 Å². The molecule has 0 unspecified atom stereocenters. The van der Waals surface area contributed by atoms with Crippen LogP contribution >= 0.6 is 11.3 Å². The smallest absolute Gasteiger partial charge is 0.258 e. The van der Waals surface area contributed by atoms with Crippen LogP contribution in [0.1, 0.15) is 36.7 Å². The van der Waals surface area contributed by atoms with E-state index in [9.17, 15) is 0 Å². The van der Waals surface area contributed by atoms with Crippen molar-refractivity contribution in [3.8, 4) is 11.5 Å². The topological polar surface area (TPSA) is 45.4 Å². The molecule has 4 rings (SSSR count). The average Bonchev–Trinajstić information content (AvgIpc) is 3.35. The Kier molecular flexibility index (Phi) is 5.66. The Morgan fingerprint density at radius 1 is 1.00 bits per heavy atom. The lowest BCUT2D eigenvalue weighted by atomic mass is 10.0. The summed E-state index contributed by atoms with van der Waals surface area (Å²) in [5.41, 5.74) is 3.81. The van der Waals surface area contributed by atoms with E-state index in [4.69, 9.17) is 4.52 Å². The van der Waals surface area contributed by atoms with Gasteiger partial charge in [-0.25, -0.2) is 0 Å². The number of rotatable bonds is 6. The summed E-state index contributed by atoms with van der Waals surface area (Å²) in [5, 5.41) is 8.19. The first-order chi connectivity index (χ1) is 13.2. The van der Waals surface area contributed by atoms with Crippen LogP contribution < -0.4 is 0 Å². The number of thiophene rings is 1. The summed E-state index contributed by atoms with van der Waals surface area (Å²) in [7, 11) is 0. The predicted octanol–water partition coefficient (Wildman–Crippen LogP) is 4.24. The van der Waals surface area contributed by atoms with Gasteiger partial charge in [0, 0.05) is 38.1 Å². The predicted molar refractivity (Wildman–Crippen MR) is 109 cm³/mol. The standard InChI is InChI=1S/C21H26N4OS/c1-16(2)18-5-3-17(4-6-18)13-24-8-10-25(11-9-24)14-20-22-21(26-23-20)19-7-12-27-15-19/h3-7,12,15-16H,8-11,13-14H2,1-2H3. The number of piperazine rings is 1. The van der Waals surface area contributed by atoms with Crippen LogP contribution in [0.3, 0.4) is 0 Å². The van der Waals surface area contributed by atoms with Gasteiger partial charge in [0.15, 0.2) is 5.82 Å². The third-order valence-electron chi connectivity index (χ3n) is 5.12. The normalized spacial score (nSPS) is 16.3. The Balaban J connectivity index is 1.26. The van der Waals surface area contributed by atoms with Crippen LogP contribution in [-0.2, 0) is 13.1 Å². The molecular weight excluding hydrogens is 356 g/mol. The van der Waals surface area contributed by atoms with Crippen molar-refractivity contribution in [1.29, 1.82) is 0 Å². The van der Waals surface area contributed by atoms with Crippen molar-refractivity contribution < 1.29 is 4.52 Å². The molecule has 0 amide bonds. The molecule has 0 atom stereocenters. The van der Waals surface area contributed by atoms with Crippen LogP contribution in [0.25, 0.3) is 11.5 Å². The third-order valence-corrected chi connectivity index (χ3v) is 5.80. The zero-order valence-corrected chi connectivity index (χ0v) is 16.8. The Morgan fingerprint density at radius 3 is 2.33 bits per heavy atom. The van der Waals surface area contributed by atoms with Gasteiger partial charge in [0.25, 0.3) is 5.89 Å². The minimum Gasteiger partial charge on any atom is -0.334 e. The van der Waals surface area contributed by atoms with Crippen molar-refractivity contribution in [1.82, 2.24) is 19.9 Å². The van der Waals surface area contributed by atoms with Crippen LogP contribution in [0.2, 0.25) is 0 Å². The van der Waals surface area contributed by atoms with E-state index in [1.54, 1.807) is 11.3 Å². The molecule has 0 bridgehead atoms. The summed E-state index contributed by atoms with van der Waals surface area (Å²) in [5.74, 6) is 1.98. The van der Waals surface area contributed by atoms with Crippen molar-refractivity contribution in [2.24, 2.45) is 0 Å². The maximum atomic E-state index is 5.39. The molecule has 6 heteroatoms. The minimum absolute atomic E-state index is 0.591. The first-order valence-electron chi connectivity index (χ1n) is 9.56. The van der Waals surface area contributed by atoms with Crippen LogP contribution in [0.15, 0.2) is 45.6 Å². The lowest BCUT2D eigenvalue weighted by molar-refractivity contribution is 0.119. The van der Waals surface area contributed by atoms with E-state index in [1.165, 1.54) is 11.1 Å². The van der Waals surface area contributed by atoms with Crippen molar-refractivity contribution in [2.45, 2.75) is 32.9 Å². The number of nitrogens with zero attached hydrogens (tertiary/aromatic N) is 4. The first-order valence-corrected chi connectivity index (χ1v) is 10.5. The molecule has 1 aliphatic heterocycles. The Bertz CT molecular complexity index is 833. The van der Waals surface area contributed by atoms with E-state index < -0.39 is 0 Å². The van der Waals surface area contributed by atoms with E-state index in [-0.39, 0.29) is 0 Å². The second-order valence-electron chi connectivity index (χ2n) is 7.48. The fourth-order valence-corrected chi connectivity index (χ4v) is 4.02. The molecule has 27 heavy (non-hydrogen) atoms. The summed E-state index contributed by atoms with van der Waals surface area (Å²) in [4.78, 5) is 9.45. The highest BCUT2D eigenvalue weighted by atomic mass is 32.1. The van der Waals surface area contributed by atoms with Crippen molar-refractivity contribution in [2.75, 3.05) is 26.2 Å². The highest BCUT2D eigenvalue weighted by Gasteiger charge is 2.19. The van der Waals surface area contributed by atoms with E-state index in [0.717, 1.165) is 50.7 Å². The van der Waals surface area contributed by atoms with Crippen LogP contribution in [0.5, 0.6) is 0 Å². The summed E-state index contributed by atoms with van der Waals surface area (Å²) in [6.07, 6.45) is 0. The monoisotopic (exact) mass is 382 g/mol. The quantitative estimate of drug-likeness (QED) is 0.638. The number of aromatic nitrogens is 2. The SMILES string of the molecule is CC(C)c1ccc(CN2CCN(Cc3noc(-c4ccsc4)n3)CC2)cc1. The summed E-state index contributed by atoms with van der Waals surface area (Å²) in [6, 6.07) is 11.1. The summed E-state index contributed by atoms with van der Waals surface area (Å²) < 4.78 is 5.39. The lowest BCUT2D eigenvalue weighted by Crippen LogP contribution is -2.45. The third kappa shape index (κ3) is 4.64. The van der Waals surface area contributed by atoms with Gasteiger partial charge in [-0.3, -0.25) is 9.80 Å². The number of hydrogen-bond donors (Lipinski definition) is 0. The van der Waals surface area contributed by atoms with Crippen molar-refractivity contribution in [3.05, 3.63) is 58.0 Å². The number of benzene rings is 1. The molecule has 2 aromatic heterocycles. The van der Waals surface area contributed by atoms with E-state index in [2.05, 4.69) is 58.1 Å². The molecule has 1 fully saturated rings. The van der Waals surface area contributed by atoms with Gasteiger partial charge in [-0.05, 0) is 28.5 Å². The van der Waals surface area contributed by atoms with E-state index in [1.807, 2.05) is 16.8 Å². The molecule has 0 spiro atoms. The van der Waals surface area contributed by atoms with Gasteiger partial charge >= 0.3 is 0 Å². The lowest BCUT2D eigenvalue weighted by Gasteiger charge is -2.34. The average molecular weight is 383 g/mol. The van der Waals surface area contributed by atoms with Crippen molar-refractivity contribution in [3.63, 3.8) is 0 Å². The van der Waals surface area contributed by atoms with Gasteiger partial charge in [-0.1, -0.05) is 43.3 Å². The molecule has 1 aliphatic rings. The van der Waals surface area contributed by atoms with Crippen LogP contribution in [0.4, 0.5) is 0 Å². The molecule has 142 valence electrons. The summed E-state index contributed by atoms with van der Waals surface area (Å²) in [6.45, 7) is 10.5. The molecule has 0 saturated carbocycles. The minimum atomic E-state index is 0.591. The van der Waals surface area contributed by atoms with E-state index >= 15 is 0 Å². The molecule has 0 aliphatic carbocycles. The van der Waals surface area contributed by atoms with E-state index in [0.29, 0.717) is 11.8 Å². The fourth-order valence-electron chi connectivity index (χ4n) is 3.39. The molecule has 0 N–H and O–H groups in total. The zero-order valence-electron chi connectivity index (χ0n) is 16.0. The second-order valence-corrected chi connectivity index (χ2v) is 8.26. The Morgan fingerprint density at radius 2 is 1.70 bits per heavy atom. The van der Waals surface area contributed by atoms with Crippen molar-refractivity contribution >= 4 is 11.3 Å². The van der Waals surface area contributed by atoms with Crippen LogP contribution in [0, 0.1) is 0 Å². The maximum absolute atomic E-state index is 5.39. The molecule has 5 nitrogen and oxygen atoms in total. The molecule has 3 aromatic rings. The molecular formula is C21H26N4OS. The number of hydrogen-bond acceptors (Lipinski definition) is 6. The van der Waals surface area contributed by atoms with Gasteiger partial charge < -0.3 is 4.52 Å². The molecule has 0 radical (unpaired) electrons. The zero-order chi connectivity index (χ0) is 18.6. The van der Waals surface area contributed by atoms with Gasteiger partial charge in [0.05, 0.1) is 12.1 Å². The van der Waals surface area contributed by atoms with Gasteiger partial charge in [-0.2, -0.15) is 16.3 Å². The highest BCUT2D eigenvalue weighted by Crippen LogP contribution is 2.20. The highest BCUT2D eigenvalue weighted by molar-refractivity contribution is 7.08. The fraction of sp³-hybridized carbons (Fsp3) is 0.429. The largest absolute Gasteiger partial charge is 0.334 e. The van der Waals surface area contributed by atoms with Gasteiger partial charge in [0.2, 0.25) is 0 Å². The maximum Gasteiger partial charge on any atom is 0.258 e. The Labute approximate surface area is 164 Å². The first kappa shape index (κ1) is 18.3. The Hall–Kier alpha value is -2.02. The molecule has 3 heterocycles. The molecule has 1 saturated heterocycles. The van der Waals surface area contributed by atoms with Gasteiger partial charge in [0.1, 0.15) is 0 Å². The second kappa shape index (κ2) is 8.33. The molecule has 1 aromatic carbocycles. The summed E-state index contributed by atoms with van der Waals surface area (Å²) >= 11 is 1.64.